The molecular weight excluding hydrogens is 464 g/mol. The summed E-state index contributed by atoms with van der Waals surface area (Å²) in [6.07, 6.45) is 3.67. The molecule has 5 rings (SSSR count). The highest BCUT2D eigenvalue weighted by Crippen LogP contribution is 2.32. The van der Waals surface area contributed by atoms with Gasteiger partial charge < -0.3 is 14.2 Å². The summed E-state index contributed by atoms with van der Waals surface area (Å²) in [5.41, 5.74) is 3.24. The highest BCUT2D eigenvalue weighted by atomic mass is 32.1. The van der Waals surface area contributed by atoms with E-state index in [4.69, 9.17) is 14.2 Å². The minimum Gasteiger partial charge on any atom is -0.497 e. The number of aromatic nitrogens is 1. The predicted octanol–water partition coefficient (Wildman–Crippen LogP) is 3.23. The van der Waals surface area contributed by atoms with Crippen LogP contribution in [0.4, 0.5) is 0 Å². The van der Waals surface area contributed by atoms with E-state index in [0.29, 0.717) is 26.4 Å². The largest absolute Gasteiger partial charge is 0.497 e. The third-order valence-corrected chi connectivity index (χ3v) is 7.15. The van der Waals surface area contributed by atoms with Crippen molar-refractivity contribution in [2.24, 2.45) is 4.99 Å². The first-order valence-corrected chi connectivity index (χ1v) is 11.9. The maximum atomic E-state index is 13.7. The van der Waals surface area contributed by atoms with Gasteiger partial charge in [0.2, 0.25) is 0 Å². The van der Waals surface area contributed by atoms with Crippen LogP contribution in [-0.4, -0.2) is 30.9 Å². The van der Waals surface area contributed by atoms with Crippen LogP contribution in [0.1, 0.15) is 31.0 Å². The number of hydrogen-bond acceptors (Lipinski definition) is 7. The van der Waals surface area contributed by atoms with Crippen molar-refractivity contribution in [3.05, 3.63) is 96.2 Å². The summed E-state index contributed by atoms with van der Waals surface area (Å²) in [5, 5.41) is 0. The van der Waals surface area contributed by atoms with Crippen LogP contribution in [-0.2, 0) is 9.53 Å². The Morgan fingerprint density at radius 3 is 2.60 bits per heavy atom. The number of carbonyl (C=O) groups excluding carboxylic acids is 1. The van der Waals surface area contributed by atoms with E-state index in [1.54, 1.807) is 30.7 Å². The minimum absolute atomic E-state index is 0.215. The van der Waals surface area contributed by atoms with Gasteiger partial charge in [0.1, 0.15) is 17.6 Å². The molecule has 178 valence electrons. The van der Waals surface area contributed by atoms with Gasteiger partial charge in [-0.05, 0) is 55.3 Å². The van der Waals surface area contributed by atoms with Crippen LogP contribution in [0, 0.1) is 0 Å². The number of fused-ring (bicyclic) bond motifs is 2. The van der Waals surface area contributed by atoms with Gasteiger partial charge in [0.15, 0.2) is 4.80 Å². The number of para-hydroxylation sites is 1. The van der Waals surface area contributed by atoms with Crippen LogP contribution in [0.25, 0.3) is 12.2 Å². The lowest BCUT2D eigenvalue weighted by Gasteiger charge is -2.24. The molecule has 7 nitrogen and oxygen atoms in total. The highest BCUT2D eigenvalue weighted by Gasteiger charge is 2.33. The second-order valence-corrected chi connectivity index (χ2v) is 9.30. The van der Waals surface area contributed by atoms with E-state index in [9.17, 15) is 9.59 Å². The number of carbonyl (C=O) groups is 1. The van der Waals surface area contributed by atoms with E-state index < -0.39 is 12.0 Å². The van der Waals surface area contributed by atoms with E-state index in [2.05, 4.69) is 4.99 Å². The molecule has 35 heavy (non-hydrogen) atoms. The molecule has 0 radical (unpaired) electrons. The van der Waals surface area contributed by atoms with Gasteiger partial charge in [0, 0.05) is 5.56 Å². The third kappa shape index (κ3) is 4.00. The molecule has 0 unspecified atom stereocenters. The fourth-order valence-electron chi connectivity index (χ4n) is 4.37. The average molecular weight is 489 g/mol. The van der Waals surface area contributed by atoms with Crippen LogP contribution >= 0.6 is 11.3 Å². The molecule has 2 aliphatic rings. The Morgan fingerprint density at radius 2 is 1.89 bits per heavy atom. The Hall–Kier alpha value is -3.91. The molecule has 8 heteroatoms. The molecule has 0 aliphatic carbocycles. The standard InChI is InChI=1S/C27H24N2O5S/c1-15-23(26(31)33-4)24(17-9-11-20(32-3)12-10-17)29-25(30)22(35-27(29)28-15)14-19-13-18-7-5-6-8-21(18)34-16(19)2/h5-14,16,24H,1-4H3/b22-14+/t16-,24-/m0/s1. The Kier molecular flexibility index (Phi) is 5.90. The zero-order valence-electron chi connectivity index (χ0n) is 19.8. The molecule has 0 amide bonds. The zero-order chi connectivity index (χ0) is 24.7. The molecule has 3 heterocycles. The average Bonchev–Trinajstić information content (AvgIpc) is 3.17. The van der Waals surface area contributed by atoms with Crippen LogP contribution in [0.3, 0.4) is 0 Å². The summed E-state index contributed by atoms with van der Waals surface area (Å²) in [4.78, 5) is 31.6. The van der Waals surface area contributed by atoms with Gasteiger partial charge in [-0.3, -0.25) is 9.36 Å². The predicted molar refractivity (Wildman–Crippen MR) is 134 cm³/mol. The molecule has 0 bridgehead atoms. The van der Waals surface area contributed by atoms with Crippen molar-refractivity contribution < 1.29 is 19.0 Å². The van der Waals surface area contributed by atoms with Crippen molar-refractivity contribution in [1.29, 1.82) is 0 Å². The Labute approximate surface area is 205 Å². The van der Waals surface area contributed by atoms with Crippen molar-refractivity contribution in [1.82, 2.24) is 4.57 Å². The van der Waals surface area contributed by atoms with E-state index >= 15 is 0 Å². The Morgan fingerprint density at radius 1 is 1.14 bits per heavy atom. The second-order valence-electron chi connectivity index (χ2n) is 8.29. The summed E-state index contributed by atoms with van der Waals surface area (Å²) >= 11 is 1.29. The molecule has 0 saturated carbocycles. The monoisotopic (exact) mass is 488 g/mol. The number of methoxy groups -OCH3 is 2. The van der Waals surface area contributed by atoms with E-state index in [1.807, 2.05) is 55.5 Å². The number of allylic oxidation sites excluding steroid dienone is 1. The fourth-order valence-corrected chi connectivity index (χ4v) is 5.41. The number of esters is 1. The highest BCUT2D eigenvalue weighted by molar-refractivity contribution is 7.07. The number of ether oxygens (including phenoxy) is 3. The molecule has 0 spiro atoms. The number of thiazole rings is 1. The maximum absolute atomic E-state index is 13.7. The fraction of sp³-hybridized carbons (Fsp3) is 0.222. The van der Waals surface area contributed by atoms with Gasteiger partial charge in [0.05, 0.1) is 36.1 Å². The van der Waals surface area contributed by atoms with Crippen molar-refractivity contribution in [3.63, 3.8) is 0 Å². The SMILES string of the molecule is COC(=O)C1=C(C)N=c2s/c(=C/C3=Cc4ccccc4O[C@H]3C)c(=O)n2[C@H]1c1ccc(OC)cc1. The van der Waals surface area contributed by atoms with Gasteiger partial charge in [-0.25, -0.2) is 9.79 Å². The molecule has 2 aliphatic heterocycles. The van der Waals surface area contributed by atoms with Crippen LogP contribution in [0.5, 0.6) is 11.5 Å². The topological polar surface area (TPSA) is 79.1 Å². The number of hydrogen-bond donors (Lipinski definition) is 0. The molecule has 0 N–H and O–H groups in total. The maximum Gasteiger partial charge on any atom is 0.338 e. The quantitative estimate of drug-likeness (QED) is 0.527. The third-order valence-electron chi connectivity index (χ3n) is 6.17. The molecule has 0 saturated heterocycles. The number of nitrogens with zero attached hydrogens (tertiary/aromatic N) is 2. The summed E-state index contributed by atoms with van der Waals surface area (Å²) in [6.45, 7) is 3.71. The van der Waals surface area contributed by atoms with Gasteiger partial charge in [0.25, 0.3) is 5.56 Å². The summed E-state index contributed by atoms with van der Waals surface area (Å²) in [6, 6.07) is 14.4. The van der Waals surface area contributed by atoms with Crippen molar-refractivity contribution >= 4 is 29.5 Å². The van der Waals surface area contributed by atoms with E-state index in [1.165, 1.54) is 18.4 Å². The smallest absolute Gasteiger partial charge is 0.338 e. The summed E-state index contributed by atoms with van der Waals surface area (Å²) in [5.74, 6) is 0.978. The lowest BCUT2D eigenvalue weighted by molar-refractivity contribution is -0.136. The van der Waals surface area contributed by atoms with Crippen molar-refractivity contribution in [3.8, 4) is 11.5 Å². The normalized spacial score (nSPS) is 19.2. The first-order chi connectivity index (χ1) is 16.9. The van der Waals surface area contributed by atoms with Crippen molar-refractivity contribution in [2.75, 3.05) is 14.2 Å². The number of benzene rings is 2. The van der Waals surface area contributed by atoms with Gasteiger partial charge >= 0.3 is 5.97 Å². The van der Waals surface area contributed by atoms with Gasteiger partial charge in [-0.15, -0.1) is 0 Å². The second kappa shape index (κ2) is 9.03. The minimum atomic E-state index is -0.665. The summed E-state index contributed by atoms with van der Waals surface area (Å²) in [7, 11) is 2.92. The molecule has 0 fully saturated rings. The van der Waals surface area contributed by atoms with Crippen molar-refractivity contribution in [2.45, 2.75) is 26.0 Å². The molecule has 2 aromatic carbocycles. The molecular formula is C27H24N2O5S. The lowest BCUT2D eigenvalue weighted by Crippen LogP contribution is -2.40. The van der Waals surface area contributed by atoms with E-state index in [-0.39, 0.29) is 11.7 Å². The van der Waals surface area contributed by atoms with Crippen LogP contribution < -0.4 is 24.4 Å². The van der Waals surface area contributed by atoms with Gasteiger partial charge in [-0.1, -0.05) is 41.7 Å². The first kappa shape index (κ1) is 22.9. The first-order valence-electron chi connectivity index (χ1n) is 11.1. The van der Waals surface area contributed by atoms with E-state index in [0.717, 1.165) is 22.4 Å². The zero-order valence-corrected chi connectivity index (χ0v) is 20.6. The summed E-state index contributed by atoms with van der Waals surface area (Å²) < 4.78 is 18.5. The van der Waals surface area contributed by atoms with Gasteiger partial charge in [-0.2, -0.15) is 0 Å². The lowest BCUT2D eigenvalue weighted by atomic mass is 9.96. The Bertz CT molecular complexity index is 1560. The molecule has 1 aromatic heterocycles. The van der Waals surface area contributed by atoms with Crippen LogP contribution in [0.2, 0.25) is 0 Å². The Balaban J connectivity index is 1.69. The molecule has 2 atom stereocenters. The molecule has 3 aromatic rings. The van der Waals surface area contributed by atoms with Crippen LogP contribution in [0.15, 0.2) is 75.2 Å². The number of rotatable bonds is 4.